The second kappa shape index (κ2) is 8.30. The minimum atomic E-state index is -3.74. The first kappa shape index (κ1) is 21.3. The van der Waals surface area contributed by atoms with Crippen molar-refractivity contribution in [3.05, 3.63) is 100.0 Å². The summed E-state index contributed by atoms with van der Waals surface area (Å²) in [5, 5.41) is 10.8. The highest BCUT2D eigenvalue weighted by Gasteiger charge is 2.32. The number of carbonyl (C=O) groups is 1. The minimum Gasteiger partial charge on any atom is -0.506 e. The van der Waals surface area contributed by atoms with Gasteiger partial charge in [0.2, 0.25) is 0 Å². The molecule has 0 unspecified atom stereocenters. The number of carbonyl (C=O) groups excluding carboxylic acids is 1. The highest BCUT2D eigenvalue weighted by atomic mass is 19.3. The normalized spacial score (nSPS) is 11.6. The van der Waals surface area contributed by atoms with Gasteiger partial charge in [-0.25, -0.2) is 9.37 Å². The summed E-state index contributed by atoms with van der Waals surface area (Å²) in [5.41, 5.74) is -1.42. The Morgan fingerprint density at radius 3 is 2.50 bits per heavy atom. The van der Waals surface area contributed by atoms with Crippen LogP contribution < -0.4 is 5.56 Å². The monoisotopic (exact) mass is 438 g/mol. The Bertz CT molecular complexity index is 1370. The Hall–Kier alpha value is -3.94. The van der Waals surface area contributed by atoms with Gasteiger partial charge in [0, 0.05) is 18.2 Å². The van der Waals surface area contributed by atoms with Crippen molar-refractivity contribution in [2.75, 3.05) is 6.67 Å². The summed E-state index contributed by atoms with van der Waals surface area (Å²) < 4.78 is 41.7. The van der Waals surface area contributed by atoms with Gasteiger partial charge in [-0.15, -0.1) is 0 Å². The lowest BCUT2D eigenvalue weighted by molar-refractivity contribution is -0.0280. The number of aromatic hydroxyl groups is 1. The van der Waals surface area contributed by atoms with Crippen molar-refractivity contribution < 1.29 is 23.1 Å². The molecule has 2 heterocycles. The van der Waals surface area contributed by atoms with Crippen LogP contribution in [-0.2, 0) is 12.3 Å². The van der Waals surface area contributed by atoms with Crippen LogP contribution in [0.3, 0.4) is 0 Å². The zero-order chi connectivity index (χ0) is 22.9. The van der Waals surface area contributed by atoms with Crippen molar-refractivity contribution in [1.29, 1.82) is 0 Å². The van der Waals surface area contributed by atoms with Crippen LogP contribution >= 0.6 is 0 Å². The highest BCUT2D eigenvalue weighted by molar-refractivity contribution is 6.04. The second-order valence-electron chi connectivity index (χ2n) is 7.21. The molecule has 8 heteroatoms. The Morgan fingerprint density at radius 2 is 1.78 bits per heavy atom. The van der Waals surface area contributed by atoms with Gasteiger partial charge in [0.25, 0.3) is 5.56 Å². The van der Waals surface area contributed by atoms with E-state index in [0.717, 1.165) is 16.7 Å². The van der Waals surface area contributed by atoms with E-state index < -0.39 is 40.8 Å². The van der Waals surface area contributed by atoms with Gasteiger partial charge in [0.05, 0.1) is 11.1 Å². The summed E-state index contributed by atoms with van der Waals surface area (Å²) in [6.07, 6.45) is 1.22. The molecule has 0 atom stereocenters. The number of halogens is 3. The van der Waals surface area contributed by atoms with Crippen molar-refractivity contribution in [2.24, 2.45) is 0 Å². The van der Waals surface area contributed by atoms with E-state index in [1.165, 1.54) is 30.5 Å². The standard InChI is InChI=1S/C24H17F3N2O3/c25-14-24(26,27)16-8-4-9-17(13-16)29-22-18(10-5-11-28-22)21(31)20(23(29)32)19(30)12-15-6-2-1-3-7-15/h1-11,13,31H,12,14H2. The molecular weight excluding hydrogens is 421 g/mol. The van der Waals surface area contributed by atoms with Crippen molar-refractivity contribution in [3.8, 4) is 11.4 Å². The number of pyridine rings is 2. The number of rotatable bonds is 6. The molecule has 0 saturated carbocycles. The zero-order valence-electron chi connectivity index (χ0n) is 16.6. The molecule has 2 aromatic heterocycles. The zero-order valence-corrected chi connectivity index (χ0v) is 16.6. The number of Topliss-reactive ketones (excluding diaryl/α,β-unsaturated/α-hetero) is 1. The van der Waals surface area contributed by atoms with Crippen LogP contribution in [0.2, 0.25) is 0 Å². The summed E-state index contributed by atoms with van der Waals surface area (Å²) >= 11 is 0. The molecule has 0 fully saturated rings. The molecule has 5 nitrogen and oxygen atoms in total. The third-order valence-corrected chi connectivity index (χ3v) is 5.09. The van der Waals surface area contributed by atoms with E-state index in [2.05, 4.69) is 4.98 Å². The number of hydrogen-bond donors (Lipinski definition) is 1. The molecule has 1 N–H and O–H groups in total. The van der Waals surface area contributed by atoms with Gasteiger partial charge < -0.3 is 5.11 Å². The third kappa shape index (κ3) is 3.75. The number of benzene rings is 2. The maximum atomic E-state index is 13.9. The minimum absolute atomic E-state index is 0.0213. The quantitative estimate of drug-likeness (QED) is 0.448. The number of fused-ring (bicyclic) bond motifs is 1. The van der Waals surface area contributed by atoms with Crippen LogP contribution in [0.4, 0.5) is 13.2 Å². The number of ketones is 1. The first-order valence-corrected chi connectivity index (χ1v) is 9.68. The lowest BCUT2D eigenvalue weighted by atomic mass is 10.0. The van der Waals surface area contributed by atoms with E-state index >= 15 is 0 Å². The summed E-state index contributed by atoms with van der Waals surface area (Å²) in [7, 11) is 0. The van der Waals surface area contributed by atoms with Crippen molar-refractivity contribution in [1.82, 2.24) is 9.55 Å². The molecule has 162 valence electrons. The highest BCUT2D eigenvalue weighted by Crippen LogP contribution is 2.31. The van der Waals surface area contributed by atoms with Crippen LogP contribution in [0.25, 0.3) is 16.7 Å². The number of hydrogen-bond acceptors (Lipinski definition) is 4. The van der Waals surface area contributed by atoms with Gasteiger partial charge in [0.1, 0.15) is 11.3 Å². The van der Waals surface area contributed by atoms with E-state index in [1.807, 2.05) is 0 Å². The van der Waals surface area contributed by atoms with E-state index in [9.17, 15) is 27.9 Å². The van der Waals surface area contributed by atoms with Gasteiger partial charge in [-0.05, 0) is 29.8 Å². The Labute approximate surface area is 180 Å². The molecule has 4 rings (SSSR count). The van der Waals surface area contributed by atoms with E-state index in [4.69, 9.17) is 0 Å². The summed E-state index contributed by atoms with van der Waals surface area (Å²) in [6.45, 7) is -1.90. The topological polar surface area (TPSA) is 72.2 Å². The maximum Gasteiger partial charge on any atom is 0.301 e. The summed E-state index contributed by atoms with van der Waals surface area (Å²) in [5.74, 6) is -4.91. The van der Waals surface area contributed by atoms with Gasteiger partial charge in [-0.2, -0.15) is 8.78 Å². The van der Waals surface area contributed by atoms with Gasteiger partial charge in [0.15, 0.2) is 18.1 Å². The first-order chi connectivity index (χ1) is 15.3. The fourth-order valence-corrected chi connectivity index (χ4v) is 3.51. The van der Waals surface area contributed by atoms with Crippen molar-refractivity contribution in [3.63, 3.8) is 0 Å². The van der Waals surface area contributed by atoms with E-state index in [1.54, 1.807) is 30.3 Å². The van der Waals surface area contributed by atoms with E-state index in [0.29, 0.717) is 5.56 Å². The van der Waals surface area contributed by atoms with E-state index in [-0.39, 0.29) is 23.1 Å². The molecule has 0 aliphatic carbocycles. The smallest absolute Gasteiger partial charge is 0.301 e. The lowest BCUT2D eigenvalue weighted by Gasteiger charge is -2.17. The molecule has 0 aliphatic rings. The lowest BCUT2D eigenvalue weighted by Crippen LogP contribution is -2.27. The Morgan fingerprint density at radius 1 is 1.03 bits per heavy atom. The van der Waals surface area contributed by atoms with Crippen LogP contribution in [0.5, 0.6) is 5.75 Å². The fourth-order valence-electron chi connectivity index (χ4n) is 3.51. The molecule has 0 aliphatic heterocycles. The van der Waals surface area contributed by atoms with Crippen LogP contribution in [-0.4, -0.2) is 27.1 Å². The summed E-state index contributed by atoms with van der Waals surface area (Å²) in [4.78, 5) is 30.4. The molecule has 0 spiro atoms. The molecule has 0 saturated heterocycles. The molecule has 0 amide bonds. The van der Waals surface area contributed by atoms with Crippen molar-refractivity contribution >= 4 is 16.8 Å². The Balaban J connectivity index is 1.95. The van der Waals surface area contributed by atoms with Gasteiger partial charge in [-0.1, -0.05) is 42.5 Å². The molecule has 2 aromatic carbocycles. The SMILES string of the molecule is O=C(Cc1ccccc1)c1c(O)c2cccnc2n(-c2cccc(C(F)(F)CF)c2)c1=O. The maximum absolute atomic E-state index is 13.9. The number of nitrogens with zero attached hydrogens (tertiary/aromatic N) is 2. The average Bonchev–Trinajstić information content (AvgIpc) is 2.80. The predicted octanol–water partition coefficient (Wildman–Crippen LogP) is 4.58. The molecule has 0 radical (unpaired) electrons. The van der Waals surface area contributed by atoms with Gasteiger partial charge in [-0.3, -0.25) is 14.2 Å². The predicted molar refractivity (Wildman–Crippen MR) is 113 cm³/mol. The number of alkyl halides is 3. The molecule has 32 heavy (non-hydrogen) atoms. The molecule has 0 bridgehead atoms. The van der Waals surface area contributed by atoms with Crippen LogP contribution in [0, 0.1) is 0 Å². The first-order valence-electron chi connectivity index (χ1n) is 9.68. The molecule has 4 aromatic rings. The number of aromatic nitrogens is 2. The second-order valence-corrected chi connectivity index (χ2v) is 7.21. The van der Waals surface area contributed by atoms with Crippen LogP contribution in [0.1, 0.15) is 21.5 Å². The average molecular weight is 438 g/mol. The fraction of sp³-hybridized carbons (Fsp3) is 0.125. The molecular formula is C24H17F3N2O3. The third-order valence-electron chi connectivity index (χ3n) is 5.09. The van der Waals surface area contributed by atoms with Gasteiger partial charge >= 0.3 is 5.92 Å². The Kier molecular flexibility index (Phi) is 5.52. The van der Waals surface area contributed by atoms with Crippen LogP contribution in [0.15, 0.2) is 77.7 Å². The summed E-state index contributed by atoms with van der Waals surface area (Å²) in [6, 6.07) is 16.3. The van der Waals surface area contributed by atoms with Crippen molar-refractivity contribution in [2.45, 2.75) is 12.3 Å². The largest absolute Gasteiger partial charge is 0.506 e.